The SMILES string of the molecule is C1=CC(c2nc(-c3ccc(-c4ccc5nc(-c6ccccc6)c6ccc7sc8ccccc8c7c6c5c4)cc3)cc(-c3ccccc3-c3ccccc3)n2)=CCC1. The molecule has 10 aromatic rings. The van der Waals surface area contributed by atoms with E-state index in [1.807, 2.05) is 11.3 Å². The van der Waals surface area contributed by atoms with E-state index in [1.165, 1.54) is 36.5 Å². The van der Waals surface area contributed by atoms with Gasteiger partial charge in [0.15, 0.2) is 5.82 Å². The summed E-state index contributed by atoms with van der Waals surface area (Å²) in [7, 11) is 0. The van der Waals surface area contributed by atoms with Crippen molar-refractivity contribution >= 4 is 58.8 Å². The molecule has 0 radical (unpaired) electrons. The quantitative estimate of drug-likeness (QED) is 0.159. The van der Waals surface area contributed by atoms with E-state index >= 15 is 0 Å². The molecule has 7 aromatic carbocycles. The van der Waals surface area contributed by atoms with E-state index in [1.54, 1.807) is 0 Å². The van der Waals surface area contributed by atoms with Gasteiger partial charge in [0.1, 0.15) is 0 Å². The van der Waals surface area contributed by atoms with Crippen molar-refractivity contribution in [3.8, 4) is 56.0 Å². The molecular weight excluding hydrogens is 711 g/mol. The molecule has 0 fully saturated rings. The Labute approximate surface area is 335 Å². The minimum absolute atomic E-state index is 0.751. The van der Waals surface area contributed by atoms with Crippen molar-refractivity contribution in [3.63, 3.8) is 0 Å². The number of nitrogens with zero attached hydrogens (tertiary/aromatic N) is 3. The molecule has 0 atom stereocenters. The van der Waals surface area contributed by atoms with E-state index < -0.39 is 0 Å². The van der Waals surface area contributed by atoms with Gasteiger partial charge in [-0.3, -0.25) is 0 Å². The number of aromatic nitrogens is 3. The maximum atomic E-state index is 5.32. The van der Waals surface area contributed by atoms with Gasteiger partial charge in [0.2, 0.25) is 0 Å². The zero-order chi connectivity index (χ0) is 37.7. The molecule has 0 N–H and O–H groups in total. The minimum Gasteiger partial charge on any atom is -0.247 e. The van der Waals surface area contributed by atoms with Crippen LogP contribution in [0.25, 0.3) is 103 Å². The van der Waals surface area contributed by atoms with Crippen LogP contribution in [-0.2, 0) is 0 Å². The van der Waals surface area contributed by atoms with Crippen molar-refractivity contribution in [2.75, 3.05) is 0 Å². The smallest absolute Gasteiger partial charge is 0.160 e. The standard InChI is InChI=1S/C53H35N3S/c1-4-14-35(15-5-1)40-20-10-11-21-41(40)47-33-46(55-53(56-47)38-18-8-3-9-19-38)36-26-24-34(25-27-36)39-28-30-45-44(32-39)50-43(52(54-45)37-16-6-2-7-17-37)29-31-49-51(50)42-22-12-13-23-48(42)57-49/h1-2,4-8,10-33H,3,9H2. The monoisotopic (exact) mass is 745 g/mol. The van der Waals surface area contributed by atoms with E-state index in [0.717, 1.165) is 85.6 Å². The molecule has 3 aromatic heterocycles. The van der Waals surface area contributed by atoms with E-state index in [-0.39, 0.29) is 0 Å². The van der Waals surface area contributed by atoms with Gasteiger partial charge in [-0.25, -0.2) is 15.0 Å². The Morgan fingerprint density at radius 2 is 1.12 bits per heavy atom. The Morgan fingerprint density at radius 3 is 1.93 bits per heavy atom. The summed E-state index contributed by atoms with van der Waals surface area (Å²) in [5.41, 5.74) is 12.8. The zero-order valence-electron chi connectivity index (χ0n) is 31.1. The second-order valence-electron chi connectivity index (χ2n) is 14.6. The van der Waals surface area contributed by atoms with Gasteiger partial charge in [0.05, 0.1) is 22.6 Å². The van der Waals surface area contributed by atoms with Crippen molar-refractivity contribution in [1.82, 2.24) is 15.0 Å². The predicted octanol–water partition coefficient (Wildman–Crippen LogP) is 14.6. The summed E-state index contributed by atoms with van der Waals surface area (Å²) in [5, 5.41) is 6.19. The van der Waals surface area contributed by atoms with Crippen LogP contribution in [0.1, 0.15) is 18.7 Å². The van der Waals surface area contributed by atoms with E-state index in [4.69, 9.17) is 15.0 Å². The highest BCUT2D eigenvalue weighted by Crippen LogP contribution is 2.44. The number of thiophene rings is 1. The van der Waals surface area contributed by atoms with E-state index in [9.17, 15) is 0 Å². The van der Waals surface area contributed by atoms with Gasteiger partial charge in [0, 0.05) is 58.6 Å². The third-order valence-corrected chi connectivity index (χ3v) is 12.3. The highest BCUT2D eigenvalue weighted by atomic mass is 32.1. The molecule has 4 heteroatoms. The van der Waals surface area contributed by atoms with Crippen molar-refractivity contribution in [3.05, 3.63) is 194 Å². The van der Waals surface area contributed by atoms with Crippen molar-refractivity contribution in [2.24, 2.45) is 0 Å². The van der Waals surface area contributed by atoms with Crippen molar-refractivity contribution in [1.29, 1.82) is 0 Å². The first-order valence-corrected chi connectivity index (χ1v) is 20.3. The lowest BCUT2D eigenvalue weighted by Crippen LogP contribution is -2.00. The summed E-state index contributed by atoms with van der Waals surface area (Å²) in [6, 6.07) is 60.7. The number of hydrogen-bond donors (Lipinski definition) is 0. The Morgan fingerprint density at radius 1 is 0.421 bits per heavy atom. The lowest BCUT2D eigenvalue weighted by Gasteiger charge is -2.14. The zero-order valence-corrected chi connectivity index (χ0v) is 31.9. The molecule has 0 bridgehead atoms. The maximum absolute atomic E-state index is 5.32. The molecule has 1 aliphatic carbocycles. The van der Waals surface area contributed by atoms with Crippen LogP contribution in [0.5, 0.6) is 0 Å². The molecular formula is C53H35N3S. The fourth-order valence-electron chi connectivity index (χ4n) is 8.35. The fourth-order valence-corrected chi connectivity index (χ4v) is 9.47. The van der Waals surface area contributed by atoms with Crippen molar-refractivity contribution < 1.29 is 0 Å². The molecule has 1 aliphatic rings. The summed E-state index contributed by atoms with van der Waals surface area (Å²) >= 11 is 1.86. The highest BCUT2D eigenvalue weighted by Gasteiger charge is 2.18. The Balaban J connectivity index is 1.05. The first-order valence-electron chi connectivity index (χ1n) is 19.5. The third-order valence-electron chi connectivity index (χ3n) is 11.1. The first-order chi connectivity index (χ1) is 28.2. The average Bonchev–Trinajstić information content (AvgIpc) is 3.68. The van der Waals surface area contributed by atoms with Gasteiger partial charge in [0.25, 0.3) is 0 Å². The maximum Gasteiger partial charge on any atom is 0.160 e. The van der Waals surface area contributed by atoms with Crippen LogP contribution in [0.15, 0.2) is 188 Å². The number of fused-ring (bicyclic) bond motifs is 7. The molecule has 57 heavy (non-hydrogen) atoms. The summed E-state index contributed by atoms with van der Waals surface area (Å²) in [5.74, 6) is 0.751. The van der Waals surface area contributed by atoms with Gasteiger partial charge < -0.3 is 0 Å². The molecule has 0 saturated carbocycles. The number of allylic oxidation sites excluding steroid dienone is 4. The van der Waals surface area contributed by atoms with Gasteiger partial charge in [-0.15, -0.1) is 11.3 Å². The molecule has 0 spiro atoms. The average molecular weight is 746 g/mol. The minimum atomic E-state index is 0.751. The number of rotatable bonds is 6. The lowest BCUT2D eigenvalue weighted by molar-refractivity contribution is 1.03. The molecule has 3 nitrogen and oxygen atoms in total. The van der Waals surface area contributed by atoms with Crippen LogP contribution in [0.4, 0.5) is 0 Å². The number of pyridine rings is 1. The van der Waals surface area contributed by atoms with Crippen LogP contribution in [0.2, 0.25) is 0 Å². The second kappa shape index (κ2) is 13.9. The van der Waals surface area contributed by atoms with Crippen LogP contribution in [-0.4, -0.2) is 15.0 Å². The van der Waals surface area contributed by atoms with Gasteiger partial charge in [-0.2, -0.15) is 0 Å². The summed E-state index contributed by atoms with van der Waals surface area (Å²) in [4.78, 5) is 15.7. The largest absolute Gasteiger partial charge is 0.247 e. The lowest BCUT2D eigenvalue weighted by atomic mass is 9.94. The van der Waals surface area contributed by atoms with Gasteiger partial charge >= 0.3 is 0 Å². The Bertz CT molecular complexity index is 3210. The molecule has 0 aliphatic heterocycles. The summed E-state index contributed by atoms with van der Waals surface area (Å²) < 4.78 is 2.59. The van der Waals surface area contributed by atoms with Gasteiger partial charge in [-0.05, 0) is 65.4 Å². The first kappa shape index (κ1) is 33.3. The second-order valence-corrected chi connectivity index (χ2v) is 15.7. The molecule has 3 heterocycles. The number of benzene rings is 7. The topological polar surface area (TPSA) is 38.7 Å². The van der Waals surface area contributed by atoms with Crippen LogP contribution in [0, 0.1) is 0 Å². The normalized spacial score (nSPS) is 12.8. The number of hydrogen-bond acceptors (Lipinski definition) is 4. The van der Waals surface area contributed by atoms with E-state index in [2.05, 4.69) is 188 Å². The molecule has 0 saturated heterocycles. The van der Waals surface area contributed by atoms with Crippen LogP contribution < -0.4 is 0 Å². The fraction of sp³-hybridized carbons (Fsp3) is 0.0377. The molecule has 268 valence electrons. The van der Waals surface area contributed by atoms with Crippen LogP contribution in [0.3, 0.4) is 0 Å². The predicted molar refractivity (Wildman–Crippen MR) is 241 cm³/mol. The third kappa shape index (κ3) is 5.94. The van der Waals surface area contributed by atoms with Crippen LogP contribution >= 0.6 is 11.3 Å². The summed E-state index contributed by atoms with van der Waals surface area (Å²) in [6.07, 6.45) is 8.66. The highest BCUT2D eigenvalue weighted by molar-refractivity contribution is 7.26. The van der Waals surface area contributed by atoms with Crippen molar-refractivity contribution in [2.45, 2.75) is 12.8 Å². The molecule has 0 unspecified atom stereocenters. The summed E-state index contributed by atoms with van der Waals surface area (Å²) in [6.45, 7) is 0. The molecule has 0 amide bonds. The molecule has 11 rings (SSSR count). The van der Waals surface area contributed by atoms with E-state index in [0.29, 0.717) is 0 Å². The Kier molecular flexibility index (Phi) is 8.15. The van der Waals surface area contributed by atoms with Gasteiger partial charge in [-0.1, -0.05) is 158 Å². The Hall–Kier alpha value is -7.01.